The zero-order valence-electron chi connectivity index (χ0n) is 15.0. The molecular weight excluding hydrogens is 364 g/mol. The molecule has 0 radical (unpaired) electrons. The van der Waals surface area contributed by atoms with Gasteiger partial charge < -0.3 is 25.6 Å². The molecule has 2 aromatic rings. The first-order chi connectivity index (χ1) is 13.2. The number of aliphatic hydroxyl groups excluding tert-OH is 1. The molecule has 0 spiro atoms. The summed E-state index contributed by atoms with van der Waals surface area (Å²) in [4.78, 5) is 12.7. The van der Waals surface area contributed by atoms with Crippen LogP contribution in [0.15, 0.2) is 52.9 Å². The van der Waals surface area contributed by atoms with Crippen LogP contribution in [0.3, 0.4) is 0 Å². The van der Waals surface area contributed by atoms with Crippen molar-refractivity contribution < 1.29 is 19.4 Å². The van der Waals surface area contributed by atoms with Gasteiger partial charge >= 0.3 is 0 Å². The van der Waals surface area contributed by atoms with Gasteiger partial charge in [-0.25, -0.2) is 0 Å². The van der Waals surface area contributed by atoms with Crippen molar-refractivity contribution in [2.75, 3.05) is 24.3 Å². The van der Waals surface area contributed by atoms with Crippen molar-refractivity contribution in [3.63, 3.8) is 0 Å². The Morgan fingerprint density at radius 2 is 2.19 bits per heavy atom. The van der Waals surface area contributed by atoms with E-state index < -0.39 is 6.29 Å². The van der Waals surface area contributed by atoms with Crippen LogP contribution in [0.2, 0.25) is 0 Å². The Labute approximate surface area is 162 Å². The molecule has 0 saturated carbocycles. The second-order valence-corrected chi connectivity index (χ2v) is 7.10. The molecule has 0 fully saturated rings. The van der Waals surface area contributed by atoms with Crippen LogP contribution in [-0.4, -0.2) is 30.5 Å². The topological polar surface area (TPSA) is 93.8 Å². The van der Waals surface area contributed by atoms with Crippen LogP contribution >= 0.6 is 11.3 Å². The highest BCUT2D eigenvalue weighted by Crippen LogP contribution is 2.33. The number of hydrogen-bond donors (Lipinski definition) is 3. The first-order valence-electron chi connectivity index (χ1n) is 8.96. The quantitative estimate of drug-likeness (QED) is 0.475. The summed E-state index contributed by atoms with van der Waals surface area (Å²) in [5.74, 6) is -0.0774. The van der Waals surface area contributed by atoms with Crippen LogP contribution < -0.4 is 11.1 Å². The molecular formula is C20H24N2O4S. The lowest BCUT2D eigenvalue weighted by molar-refractivity contribution is -0.143. The van der Waals surface area contributed by atoms with Gasteiger partial charge in [-0.3, -0.25) is 4.79 Å². The minimum absolute atomic E-state index is 0.0433. The van der Waals surface area contributed by atoms with Gasteiger partial charge in [0.2, 0.25) is 6.29 Å². The van der Waals surface area contributed by atoms with E-state index in [4.69, 9.17) is 20.3 Å². The van der Waals surface area contributed by atoms with Crippen molar-refractivity contribution in [3.8, 4) is 0 Å². The second kappa shape index (κ2) is 9.55. The van der Waals surface area contributed by atoms with Crippen molar-refractivity contribution >= 4 is 28.6 Å². The summed E-state index contributed by atoms with van der Waals surface area (Å²) in [5, 5.41) is 15.8. The van der Waals surface area contributed by atoms with Gasteiger partial charge in [0.1, 0.15) is 0 Å². The van der Waals surface area contributed by atoms with Crippen molar-refractivity contribution in [2.24, 2.45) is 0 Å². The fourth-order valence-electron chi connectivity index (χ4n) is 2.86. The van der Waals surface area contributed by atoms with Crippen molar-refractivity contribution in [2.45, 2.75) is 31.5 Å². The number of nitrogen functional groups attached to an aromatic ring is 1. The summed E-state index contributed by atoms with van der Waals surface area (Å²) < 4.78 is 11.6. The lowest BCUT2D eigenvalue weighted by Crippen LogP contribution is -2.29. The number of unbranched alkanes of at least 4 members (excludes halogenated alkanes) is 1. The monoisotopic (exact) mass is 388 g/mol. The molecule has 2 heterocycles. The Kier molecular flexibility index (Phi) is 6.86. The lowest BCUT2D eigenvalue weighted by atomic mass is 9.95. The number of benzene rings is 1. The summed E-state index contributed by atoms with van der Waals surface area (Å²) in [7, 11) is 0. The highest BCUT2D eigenvalue weighted by molar-refractivity contribution is 7.08. The highest BCUT2D eigenvalue weighted by atomic mass is 32.1. The van der Waals surface area contributed by atoms with Crippen LogP contribution in [0.25, 0.3) is 0 Å². The maximum atomic E-state index is 12.7. The van der Waals surface area contributed by atoms with Crippen LogP contribution in [-0.2, 0) is 14.3 Å². The third kappa shape index (κ3) is 5.32. The molecule has 3 rings (SSSR count). The van der Waals surface area contributed by atoms with Crippen LogP contribution in [0.5, 0.6) is 0 Å². The number of thiophene rings is 1. The van der Waals surface area contributed by atoms with E-state index in [0.29, 0.717) is 30.8 Å². The maximum Gasteiger partial charge on any atom is 0.290 e. The first kappa shape index (κ1) is 19.4. The third-order valence-electron chi connectivity index (χ3n) is 4.32. The molecule has 27 heavy (non-hydrogen) atoms. The number of nitrogens with two attached hydrogens (primary N) is 1. The minimum atomic E-state index is -0.507. The zero-order valence-corrected chi connectivity index (χ0v) is 15.8. The molecule has 1 aliphatic heterocycles. The summed E-state index contributed by atoms with van der Waals surface area (Å²) in [6.45, 7) is 0.612. The standard InChI is InChI=1S/C20H24N2O4S/c21-16-5-1-2-6-17(16)22-20(24)18-11-15(14-7-10-27-13-14)12-19(26-18)25-9-4-3-8-23/h1-2,5-7,10-11,13,15,19,23H,3-4,8-9,12,21H2,(H,22,24)/t15-,19+/m1/s1. The predicted molar refractivity (Wildman–Crippen MR) is 106 cm³/mol. The van der Waals surface area contributed by atoms with Gasteiger partial charge in [0.25, 0.3) is 5.91 Å². The number of carbonyl (C=O) groups is 1. The normalized spacial score (nSPS) is 19.2. The molecule has 6 nitrogen and oxygen atoms in total. The number of rotatable bonds is 8. The van der Waals surface area contributed by atoms with Gasteiger partial charge in [0.15, 0.2) is 5.76 Å². The van der Waals surface area contributed by atoms with Gasteiger partial charge in [0.05, 0.1) is 18.0 Å². The number of hydrogen-bond acceptors (Lipinski definition) is 6. The highest BCUT2D eigenvalue weighted by Gasteiger charge is 2.29. The minimum Gasteiger partial charge on any atom is -0.459 e. The largest absolute Gasteiger partial charge is 0.459 e. The predicted octanol–water partition coefficient (Wildman–Crippen LogP) is 3.47. The molecule has 1 amide bonds. The van der Waals surface area contributed by atoms with E-state index in [-0.39, 0.29) is 24.2 Å². The van der Waals surface area contributed by atoms with Crippen LogP contribution in [0.1, 0.15) is 30.7 Å². The van der Waals surface area contributed by atoms with Crippen molar-refractivity contribution in [1.82, 2.24) is 0 Å². The lowest BCUT2D eigenvalue weighted by Gasteiger charge is -2.29. The number of ether oxygens (including phenoxy) is 2. The van der Waals surface area contributed by atoms with Crippen LogP contribution in [0, 0.1) is 0 Å². The Hall–Kier alpha value is -2.35. The van der Waals surface area contributed by atoms with E-state index >= 15 is 0 Å². The number of aliphatic hydroxyl groups is 1. The summed E-state index contributed by atoms with van der Waals surface area (Å²) in [6.07, 6.45) is 3.39. The van der Waals surface area contributed by atoms with E-state index in [1.54, 1.807) is 23.5 Å². The summed E-state index contributed by atoms with van der Waals surface area (Å²) in [6, 6.07) is 9.14. The average Bonchev–Trinajstić information content (AvgIpc) is 3.22. The van der Waals surface area contributed by atoms with Gasteiger partial charge in [-0.1, -0.05) is 12.1 Å². The molecule has 1 aromatic heterocycles. The Bertz CT molecular complexity index is 776. The average molecular weight is 388 g/mol. The fraction of sp³-hybridized carbons (Fsp3) is 0.350. The Morgan fingerprint density at radius 3 is 2.93 bits per heavy atom. The molecule has 0 bridgehead atoms. The van der Waals surface area contributed by atoms with E-state index in [1.807, 2.05) is 29.7 Å². The van der Waals surface area contributed by atoms with Gasteiger partial charge in [-0.2, -0.15) is 11.3 Å². The molecule has 4 N–H and O–H groups in total. The zero-order chi connectivity index (χ0) is 19.1. The van der Waals surface area contributed by atoms with E-state index in [0.717, 1.165) is 12.0 Å². The first-order valence-corrected chi connectivity index (χ1v) is 9.90. The Balaban J connectivity index is 1.72. The maximum absolute atomic E-state index is 12.7. The number of allylic oxidation sites excluding steroid dienone is 1. The molecule has 0 saturated heterocycles. The molecule has 7 heteroatoms. The number of nitrogens with one attached hydrogen (secondary N) is 1. The van der Waals surface area contributed by atoms with E-state index in [1.165, 1.54) is 0 Å². The van der Waals surface area contributed by atoms with Gasteiger partial charge in [-0.15, -0.1) is 0 Å². The van der Waals surface area contributed by atoms with Gasteiger partial charge in [0, 0.05) is 18.9 Å². The summed E-state index contributed by atoms with van der Waals surface area (Å²) >= 11 is 1.62. The summed E-state index contributed by atoms with van der Waals surface area (Å²) in [5.41, 5.74) is 8.08. The fourth-order valence-corrected chi connectivity index (χ4v) is 3.58. The van der Waals surface area contributed by atoms with E-state index in [9.17, 15) is 4.79 Å². The third-order valence-corrected chi connectivity index (χ3v) is 5.02. The second-order valence-electron chi connectivity index (χ2n) is 6.32. The molecule has 1 aromatic carbocycles. The molecule has 0 aliphatic carbocycles. The van der Waals surface area contributed by atoms with Gasteiger partial charge in [-0.05, 0) is 53.4 Å². The Morgan fingerprint density at radius 1 is 1.33 bits per heavy atom. The molecule has 0 unspecified atom stereocenters. The number of anilines is 2. The SMILES string of the molecule is Nc1ccccc1NC(=O)C1=C[C@@H](c2ccsc2)C[C@@H](OCCCCO)O1. The van der Waals surface area contributed by atoms with Crippen molar-refractivity contribution in [1.29, 1.82) is 0 Å². The van der Waals surface area contributed by atoms with Crippen molar-refractivity contribution in [3.05, 3.63) is 58.5 Å². The van der Waals surface area contributed by atoms with E-state index in [2.05, 4.69) is 10.7 Å². The molecule has 2 atom stereocenters. The smallest absolute Gasteiger partial charge is 0.290 e. The molecule has 1 aliphatic rings. The number of carbonyl (C=O) groups excluding carboxylic acids is 1. The van der Waals surface area contributed by atoms with Crippen LogP contribution in [0.4, 0.5) is 11.4 Å². The number of amides is 1. The molecule has 144 valence electrons. The number of para-hydroxylation sites is 2.